The predicted molar refractivity (Wildman–Crippen MR) is 113 cm³/mol. The van der Waals surface area contributed by atoms with Crippen molar-refractivity contribution in [3.8, 4) is 5.75 Å². The lowest BCUT2D eigenvalue weighted by Crippen LogP contribution is -1.96. The molecule has 1 aromatic heterocycles. The molecule has 1 N–H and O–H groups in total. The van der Waals surface area contributed by atoms with E-state index in [-0.39, 0.29) is 0 Å². The summed E-state index contributed by atoms with van der Waals surface area (Å²) in [5.41, 5.74) is 5.97. The van der Waals surface area contributed by atoms with Crippen molar-refractivity contribution in [1.29, 1.82) is 0 Å². The number of benzene rings is 3. The van der Waals surface area contributed by atoms with Crippen LogP contribution < -0.4 is 10.2 Å². The van der Waals surface area contributed by atoms with Crippen LogP contribution in [0.1, 0.15) is 11.1 Å². The Balaban J connectivity index is 1.38. The van der Waals surface area contributed by atoms with Gasteiger partial charge in [0.2, 0.25) is 5.13 Å². The predicted octanol–water partition coefficient (Wildman–Crippen LogP) is 5.97. The number of halogens is 1. The van der Waals surface area contributed by atoms with Gasteiger partial charge in [-0.2, -0.15) is 5.10 Å². The molecule has 6 heteroatoms. The van der Waals surface area contributed by atoms with Gasteiger partial charge in [-0.3, -0.25) is 5.43 Å². The second-order valence-corrected chi connectivity index (χ2v) is 7.31. The molecule has 4 rings (SSSR count). The fourth-order valence-corrected chi connectivity index (χ4v) is 3.46. The topological polar surface area (TPSA) is 46.5 Å². The van der Waals surface area contributed by atoms with Gasteiger partial charge in [-0.05, 0) is 47.5 Å². The van der Waals surface area contributed by atoms with Crippen LogP contribution >= 0.6 is 22.9 Å². The third-order valence-electron chi connectivity index (χ3n) is 3.84. The number of thiazole rings is 1. The van der Waals surface area contributed by atoms with Crippen LogP contribution in [0.2, 0.25) is 5.02 Å². The SMILES string of the molecule is Clc1ccc(COc2cccc(/C=N\Nc3nc4ccccc4s3)c2)cc1. The van der Waals surface area contributed by atoms with Gasteiger partial charge in [-0.1, -0.05) is 59.3 Å². The largest absolute Gasteiger partial charge is 0.489 e. The van der Waals surface area contributed by atoms with Gasteiger partial charge in [0.05, 0.1) is 16.4 Å². The van der Waals surface area contributed by atoms with Crippen LogP contribution in [0.25, 0.3) is 10.2 Å². The van der Waals surface area contributed by atoms with Gasteiger partial charge in [0.25, 0.3) is 0 Å². The molecule has 0 bridgehead atoms. The normalized spacial score (nSPS) is 11.1. The van der Waals surface area contributed by atoms with E-state index in [0.29, 0.717) is 6.61 Å². The molecule has 134 valence electrons. The highest BCUT2D eigenvalue weighted by Crippen LogP contribution is 2.25. The Morgan fingerprint density at radius 1 is 1.04 bits per heavy atom. The Kier molecular flexibility index (Phi) is 5.32. The minimum atomic E-state index is 0.488. The number of nitrogens with one attached hydrogen (secondary N) is 1. The standard InChI is InChI=1S/C21H16ClN3OS/c22-17-10-8-15(9-11-17)14-26-18-5-3-4-16(12-18)13-23-25-21-24-19-6-1-2-7-20(19)27-21/h1-13H,14H2,(H,24,25)/b23-13-. The van der Waals surface area contributed by atoms with E-state index >= 15 is 0 Å². The van der Waals surface area contributed by atoms with Crippen molar-refractivity contribution in [3.05, 3.63) is 88.9 Å². The Bertz CT molecular complexity index is 1040. The van der Waals surface area contributed by atoms with E-state index in [0.717, 1.165) is 37.2 Å². The Morgan fingerprint density at radius 3 is 2.74 bits per heavy atom. The molecule has 0 radical (unpaired) electrons. The molecular weight excluding hydrogens is 378 g/mol. The lowest BCUT2D eigenvalue weighted by molar-refractivity contribution is 0.306. The first-order chi connectivity index (χ1) is 13.3. The van der Waals surface area contributed by atoms with Crippen LogP contribution in [0.4, 0.5) is 5.13 Å². The number of anilines is 1. The average molecular weight is 394 g/mol. The molecule has 0 aliphatic carbocycles. The summed E-state index contributed by atoms with van der Waals surface area (Å²) in [5, 5.41) is 5.77. The van der Waals surface area contributed by atoms with Crippen molar-refractivity contribution in [1.82, 2.24) is 4.98 Å². The second kappa shape index (κ2) is 8.20. The monoisotopic (exact) mass is 393 g/mol. The average Bonchev–Trinajstić information content (AvgIpc) is 3.11. The van der Waals surface area contributed by atoms with Gasteiger partial charge in [-0.15, -0.1) is 0 Å². The number of ether oxygens (including phenoxy) is 1. The zero-order chi connectivity index (χ0) is 18.5. The third-order valence-corrected chi connectivity index (χ3v) is 5.04. The van der Waals surface area contributed by atoms with Gasteiger partial charge < -0.3 is 4.74 Å². The van der Waals surface area contributed by atoms with Crippen molar-refractivity contribution in [2.75, 3.05) is 5.43 Å². The number of rotatable bonds is 6. The maximum absolute atomic E-state index is 5.90. The summed E-state index contributed by atoms with van der Waals surface area (Å²) in [6.07, 6.45) is 1.75. The number of hydrazone groups is 1. The summed E-state index contributed by atoms with van der Waals surface area (Å²) in [6.45, 7) is 0.488. The van der Waals surface area contributed by atoms with Crippen molar-refractivity contribution < 1.29 is 4.74 Å². The van der Waals surface area contributed by atoms with Crippen molar-refractivity contribution >= 4 is 44.5 Å². The van der Waals surface area contributed by atoms with E-state index in [1.165, 1.54) is 0 Å². The minimum Gasteiger partial charge on any atom is -0.489 e. The van der Waals surface area contributed by atoms with Crippen molar-refractivity contribution in [3.63, 3.8) is 0 Å². The Labute approximate surface area is 166 Å². The molecule has 1 heterocycles. The maximum atomic E-state index is 5.90. The second-order valence-electron chi connectivity index (χ2n) is 5.84. The number of hydrogen-bond acceptors (Lipinski definition) is 5. The van der Waals surface area contributed by atoms with Gasteiger partial charge in [0.15, 0.2) is 0 Å². The number of hydrogen-bond donors (Lipinski definition) is 1. The van der Waals surface area contributed by atoms with E-state index in [1.54, 1.807) is 17.6 Å². The summed E-state index contributed by atoms with van der Waals surface area (Å²) < 4.78 is 6.97. The smallest absolute Gasteiger partial charge is 0.204 e. The summed E-state index contributed by atoms with van der Waals surface area (Å²) in [5.74, 6) is 0.786. The quantitative estimate of drug-likeness (QED) is 0.324. The van der Waals surface area contributed by atoms with Crippen molar-refractivity contribution in [2.24, 2.45) is 5.10 Å². The summed E-state index contributed by atoms with van der Waals surface area (Å²) in [4.78, 5) is 4.49. The van der Waals surface area contributed by atoms with Crippen LogP contribution in [-0.2, 0) is 6.61 Å². The molecule has 27 heavy (non-hydrogen) atoms. The zero-order valence-corrected chi connectivity index (χ0v) is 15.9. The number of nitrogens with zero attached hydrogens (tertiary/aromatic N) is 2. The van der Waals surface area contributed by atoms with E-state index < -0.39 is 0 Å². The molecule has 0 unspecified atom stereocenters. The maximum Gasteiger partial charge on any atom is 0.204 e. The number of para-hydroxylation sites is 1. The molecule has 0 aliphatic rings. The summed E-state index contributed by atoms with van der Waals surface area (Å²) in [7, 11) is 0. The first-order valence-electron chi connectivity index (χ1n) is 8.38. The molecule has 3 aromatic carbocycles. The van der Waals surface area contributed by atoms with Gasteiger partial charge in [0, 0.05) is 5.02 Å². The van der Waals surface area contributed by atoms with Gasteiger partial charge >= 0.3 is 0 Å². The van der Waals surface area contributed by atoms with Gasteiger partial charge in [0.1, 0.15) is 12.4 Å². The minimum absolute atomic E-state index is 0.488. The molecular formula is C21H16ClN3OS. The third kappa shape index (κ3) is 4.64. The molecule has 0 aliphatic heterocycles. The highest BCUT2D eigenvalue weighted by molar-refractivity contribution is 7.22. The highest BCUT2D eigenvalue weighted by Gasteiger charge is 2.01. The number of fused-ring (bicyclic) bond motifs is 1. The molecule has 0 fully saturated rings. The Morgan fingerprint density at radius 2 is 1.89 bits per heavy atom. The molecule has 0 saturated heterocycles. The molecule has 0 amide bonds. The molecule has 0 atom stereocenters. The van der Waals surface area contributed by atoms with E-state index in [9.17, 15) is 0 Å². The van der Waals surface area contributed by atoms with Crippen LogP contribution in [0.3, 0.4) is 0 Å². The fourth-order valence-electron chi connectivity index (χ4n) is 2.51. The van der Waals surface area contributed by atoms with E-state index in [1.807, 2.05) is 72.8 Å². The first-order valence-corrected chi connectivity index (χ1v) is 9.58. The molecule has 4 nitrogen and oxygen atoms in total. The first kappa shape index (κ1) is 17.5. The van der Waals surface area contributed by atoms with Gasteiger partial charge in [-0.25, -0.2) is 4.98 Å². The van der Waals surface area contributed by atoms with Crippen LogP contribution in [0.5, 0.6) is 5.75 Å². The van der Waals surface area contributed by atoms with Crippen molar-refractivity contribution in [2.45, 2.75) is 6.61 Å². The molecule has 4 aromatic rings. The number of aromatic nitrogens is 1. The summed E-state index contributed by atoms with van der Waals surface area (Å²) >= 11 is 7.47. The van der Waals surface area contributed by atoms with Crippen LogP contribution in [0, 0.1) is 0 Å². The van der Waals surface area contributed by atoms with E-state index in [2.05, 4.69) is 15.5 Å². The lowest BCUT2D eigenvalue weighted by atomic mass is 10.2. The summed E-state index contributed by atoms with van der Waals surface area (Å²) in [6, 6.07) is 23.4. The fraction of sp³-hybridized carbons (Fsp3) is 0.0476. The molecule has 0 saturated carbocycles. The van der Waals surface area contributed by atoms with E-state index in [4.69, 9.17) is 16.3 Å². The van der Waals surface area contributed by atoms with Crippen LogP contribution in [0.15, 0.2) is 77.9 Å². The molecule has 0 spiro atoms. The Hall–Kier alpha value is -2.89. The highest BCUT2D eigenvalue weighted by atomic mass is 35.5. The van der Waals surface area contributed by atoms with Crippen LogP contribution in [-0.4, -0.2) is 11.2 Å². The zero-order valence-electron chi connectivity index (χ0n) is 14.3. The lowest BCUT2D eigenvalue weighted by Gasteiger charge is -2.07.